The number of hydrogen-bond acceptors (Lipinski definition) is 5. The normalized spacial score (nSPS) is 20.7. The van der Waals surface area contributed by atoms with E-state index >= 15 is 0 Å². The van der Waals surface area contributed by atoms with E-state index in [1.807, 2.05) is 18.7 Å². The Balaban J connectivity index is 1.48. The molecule has 7 nitrogen and oxygen atoms in total. The molecule has 7 heteroatoms. The van der Waals surface area contributed by atoms with Gasteiger partial charge in [0.2, 0.25) is 5.91 Å². The Kier molecular flexibility index (Phi) is 4.78. The summed E-state index contributed by atoms with van der Waals surface area (Å²) in [5.74, 6) is 3.39. The molecule has 0 aliphatic carbocycles. The van der Waals surface area contributed by atoms with Crippen molar-refractivity contribution in [3.63, 3.8) is 0 Å². The zero-order valence-electron chi connectivity index (χ0n) is 15.7. The van der Waals surface area contributed by atoms with Gasteiger partial charge in [-0.1, -0.05) is 11.6 Å². The molecule has 0 saturated carbocycles. The van der Waals surface area contributed by atoms with Crippen LogP contribution in [0.25, 0.3) is 0 Å². The lowest BCUT2D eigenvalue weighted by atomic mass is 9.96. The van der Waals surface area contributed by atoms with Gasteiger partial charge in [-0.05, 0) is 39.5 Å². The van der Waals surface area contributed by atoms with Gasteiger partial charge in [0, 0.05) is 37.5 Å². The van der Waals surface area contributed by atoms with Gasteiger partial charge in [-0.15, -0.1) is 10.2 Å². The highest BCUT2D eigenvalue weighted by molar-refractivity contribution is 5.79. The van der Waals surface area contributed by atoms with Crippen LogP contribution < -0.4 is 0 Å². The predicted molar refractivity (Wildman–Crippen MR) is 95.8 cm³/mol. The van der Waals surface area contributed by atoms with Crippen LogP contribution >= 0.6 is 0 Å². The Morgan fingerprint density at radius 2 is 2.04 bits per heavy atom. The largest absolute Gasteiger partial charge is 0.361 e. The summed E-state index contributed by atoms with van der Waals surface area (Å²) in [5.41, 5.74) is 1.74. The first-order valence-corrected chi connectivity index (χ1v) is 9.75. The van der Waals surface area contributed by atoms with Crippen molar-refractivity contribution in [1.82, 2.24) is 24.8 Å². The molecule has 2 aliphatic heterocycles. The molecule has 1 saturated heterocycles. The molecule has 4 heterocycles. The fourth-order valence-corrected chi connectivity index (χ4v) is 4.24. The Bertz CT molecular complexity index is 774. The van der Waals surface area contributed by atoms with Crippen LogP contribution in [0.1, 0.15) is 66.7 Å². The van der Waals surface area contributed by atoms with E-state index in [4.69, 9.17) is 4.52 Å². The number of nitrogens with zero attached hydrogens (tertiary/aromatic N) is 5. The third kappa shape index (κ3) is 3.27. The molecule has 4 rings (SSSR count). The number of likely N-dealkylation sites (tertiary alicyclic amines) is 1. The molecule has 1 amide bonds. The van der Waals surface area contributed by atoms with Crippen molar-refractivity contribution in [1.29, 1.82) is 0 Å². The molecule has 0 radical (unpaired) electrons. The van der Waals surface area contributed by atoms with Gasteiger partial charge < -0.3 is 14.0 Å². The minimum Gasteiger partial charge on any atom is -0.361 e. The Morgan fingerprint density at radius 1 is 1.15 bits per heavy atom. The first kappa shape index (κ1) is 17.2. The fraction of sp³-hybridized carbons (Fsp3) is 0.684. The van der Waals surface area contributed by atoms with E-state index in [1.165, 1.54) is 19.3 Å². The van der Waals surface area contributed by atoms with E-state index in [9.17, 15) is 4.79 Å². The SMILES string of the molecule is Cc1noc(C)c1CC(=O)N1CCCC(c2nnc3n2CCCCC3)C1. The quantitative estimate of drug-likeness (QED) is 0.844. The summed E-state index contributed by atoms with van der Waals surface area (Å²) in [6.45, 7) is 6.33. The summed E-state index contributed by atoms with van der Waals surface area (Å²) in [6.07, 6.45) is 7.13. The van der Waals surface area contributed by atoms with Gasteiger partial charge in [0.25, 0.3) is 0 Å². The van der Waals surface area contributed by atoms with Gasteiger partial charge in [-0.25, -0.2) is 0 Å². The fourth-order valence-electron chi connectivity index (χ4n) is 4.24. The number of aryl methyl sites for hydroxylation is 3. The van der Waals surface area contributed by atoms with E-state index in [0.29, 0.717) is 6.42 Å². The van der Waals surface area contributed by atoms with E-state index in [1.54, 1.807) is 0 Å². The first-order valence-electron chi connectivity index (χ1n) is 9.75. The summed E-state index contributed by atoms with van der Waals surface area (Å²) in [5, 5.41) is 12.9. The van der Waals surface area contributed by atoms with Crippen molar-refractivity contribution in [3.8, 4) is 0 Å². The average molecular weight is 357 g/mol. The second-order valence-electron chi connectivity index (χ2n) is 7.60. The number of aromatic nitrogens is 4. The number of carbonyl (C=O) groups is 1. The van der Waals surface area contributed by atoms with Gasteiger partial charge in [-0.3, -0.25) is 4.79 Å². The number of piperidine rings is 1. The summed E-state index contributed by atoms with van der Waals surface area (Å²) >= 11 is 0. The van der Waals surface area contributed by atoms with Crippen LogP contribution in [0, 0.1) is 13.8 Å². The molecule has 0 bridgehead atoms. The lowest BCUT2D eigenvalue weighted by Gasteiger charge is -2.32. The highest BCUT2D eigenvalue weighted by atomic mass is 16.5. The molecule has 1 atom stereocenters. The zero-order chi connectivity index (χ0) is 18.1. The average Bonchev–Trinajstić information content (AvgIpc) is 3.10. The van der Waals surface area contributed by atoms with Crippen LogP contribution in [-0.2, 0) is 24.2 Å². The first-order chi connectivity index (χ1) is 12.6. The highest BCUT2D eigenvalue weighted by Gasteiger charge is 2.30. The molecule has 1 fully saturated rings. The van der Waals surface area contributed by atoms with Crippen LogP contribution in [0.15, 0.2) is 4.52 Å². The second kappa shape index (κ2) is 7.21. The molecule has 140 valence electrons. The number of fused-ring (bicyclic) bond motifs is 1. The molecule has 0 N–H and O–H groups in total. The van der Waals surface area contributed by atoms with E-state index in [-0.39, 0.29) is 11.8 Å². The maximum absolute atomic E-state index is 12.8. The molecule has 1 unspecified atom stereocenters. The Labute approximate surface area is 153 Å². The van der Waals surface area contributed by atoms with Crippen molar-refractivity contribution in [2.75, 3.05) is 13.1 Å². The number of hydrogen-bond donors (Lipinski definition) is 0. The summed E-state index contributed by atoms with van der Waals surface area (Å²) in [4.78, 5) is 14.8. The monoisotopic (exact) mass is 357 g/mol. The van der Waals surface area contributed by atoms with Crippen LogP contribution in [0.5, 0.6) is 0 Å². The third-order valence-electron chi connectivity index (χ3n) is 5.79. The molecule has 2 aromatic rings. The van der Waals surface area contributed by atoms with E-state index < -0.39 is 0 Å². The summed E-state index contributed by atoms with van der Waals surface area (Å²) < 4.78 is 7.51. The van der Waals surface area contributed by atoms with Gasteiger partial charge in [0.1, 0.15) is 17.4 Å². The second-order valence-corrected chi connectivity index (χ2v) is 7.60. The van der Waals surface area contributed by atoms with Crippen molar-refractivity contribution < 1.29 is 9.32 Å². The van der Waals surface area contributed by atoms with Crippen LogP contribution in [0.4, 0.5) is 0 Å². The van der Waals surface area contributed by atoms with Gasteiger partial charge >= 0.3 is 0 Å². The van der Waals surface area contributed by atoms with Crippen LogP contribution in [0.3, 0.4) is 0 Å². The smallest absolute Gasteiger partial charge is 0.227 e. The highest BCUT2D eigenvalue weighted by Crippen LogP contribution is 2.28. The lowest BCUT2D eigenvalue weighted by Crippen LogP contribution is -2.40. The van der Waals surface area contributed by atoms with Crippen LogP contribution in [0.2, 0.25) is 0 Å². The summed E-state index contributed by atoms with van der Waals surface area (Å²) in [7, 11) is 0. The molecule has 2 aliphatic rings. The van der Waals surface area contributed by atoms with E-state index in [0.717, 1.165) is 67.6 Å². The molecular weight excluding hydrogens is 330 g/mol. The van der Waals surface area contributed by atoms with Crippen molar-refractivity contribution in [2.24, 2.45) is 0 Å². The zero-order valence-corrected chi connectivity index (χ0v) is 15.7. The molecule has 26 heavy (non-hydrogen) atoms. The Morgan fingerprint density at radius 3 is 2.85 bits per heavy atom. The molecule has 2 aromatic heterocycles. The van der Waals surface area contributed by atoms with Crippen molar-refractivity contribution >= 4 is 5.91 Å². The predicted octanol–water partition coefficient (Wildman–Crippen LogP) is 2.56. The van der Waals surface area contributed by atoms with Crippen LogP contribution in [-0.4, -0.2) is 43.8 Å². The number of amides is 1. The summed E-state index contributed by atoms with van der Waals surface area (Å²) in [6, 6.07) is 0. The molecule has 0 aromatic carbocycles. The number of carbonyl (C=O) groups excluding carboxylic acids is 1. The lowest BCUT2D eigenvalue weighted by molar-refractivity contribution is -0.131. The third-order valence-corrected chi connectivity index (χ3v) is 5.79. The van der Waals surface area contributed by atoms with Crippen molar-refractivity contribution in [2.45, 2.75) is 71.3 Å². The van der Waals surface area contributed by atoms with Gasteiger partial charge in [0.15, 0.2) is 0 Å². The minimum atomic E-state index is 0.153. The maximum Gasteiger partial charge on any atom is 0.227 e. The topological polar surface area (TPSA) is 77.1 Å². The van der Waals surface area contributed by atoms with Gasteiger partial charge in [-0.2, -0.15) is 0 Å². The van der Waals surface area contributed by atoms with Crippen molar-refractivity contribution in [3.05, 3.63) is 28.7 Å². The molecular formula is C19H27N5O2. The van der Waals surface area contributed by atoms with E-state index in [2.05, 4.69) is 19.9 Å². The Hall–Kier alpha value is -2.18. The standard InChI is InChI=1S/C19H27N5O2/c1-13-16(14(2)26-22-13)11-18(25)23-9-6-7-15(12-23)19-21-20-17-8-4-3-5-10-24(17)19/h15H,3-12H2,1-2H3. The number of rotatable bonds is 3. The maximum atomic E-state index is 12.8. The van der Waals surface area contributed by atoms with Gasteiger partial charge in [0.05, 0.1) is 12.1 Å². The minimum absolute atomic E-state index is 0.153. The molecule has 0 spiro atoms.